The van der Waals surface area contributed by atoms with Gasteiger partial charge in [-0.2, -0.15) is 0 Å². The Bertz CT molecular complexity index is 531. The Morgan fingerprint density at radius 1 is 1.36 bits per heavy atom. The van der Waals surface area contributed by atoms with Crippen molar-refractivity contribution < 1.29 is 4.79 Å². The Morgan fingerprint density at radius 3 is 3.00 bits per heavy atom. The number of hydrogen-bond acceptors (Lipinski definition) is 3. The molecule has 0 atom stereocenters. The SMILES string of the molecule is O=CCn1c(=O)ccc2cnccc21. The van der Waals surface area contributed by atoms with E-state index in [1.54, 1.807) is 24.5 Å². The van der Waals surface area contributed by atoms with Crippen molar-refractivity contribution in [3.8, 4) is 0 Å². The normalized spacial score (nSPS) is 10.3. The predicted molar refractivity (Wildman–Crippen MR) is 52.1 cm³/mol. The lowest BCUT2D eigenvalue weighted by atomic mass is 10.2. The van der Waals surface area contributed by atoms with Crippen molar-refractivity contribution in [3.05, 3.63) is 40.9 Å². The van der Waals surface area contributed by atoms with Crippen LogP contribution in [0.25, 0.3) is 10.9 Å². The quantitative estimate of drug-likeness (QED) is 0.648. The fourth-order valence-corrected chi connectivity index (χ4v) is 1.41. The van der Waals surface area contributed by atoms with Crippen LogP contribution in [0.15, 0.2) is 35.4 Å². The third-order valence-electron chi connectivity index (χ3n) is 2.05. The van der Waals surface area contributed by atoms with E-state index in [9.17, 15) is 9.59 Å². The minimum absolute atomic E-state index is 0.0835. The fourth-order valence-electron chi connectivity index (χ4n) is 1.41. The maximum atomic E-state index is 11.4. The number of rotatable bonds is 2. The van der Waals surface area contributed by atoms with E-state index < -0.39 is 0 Å². The summed E-state index contributed by atoms with van der Waals surface area (Å²) in [6.45, 7) is 0.0835. The van der Waals surface area contributed by atoms with Crippen molar-refractivity contribution in [2.45, 2.75) is 6.54 Å². The fraction of sp³-hybridized carbons (Fsp3) is 0.100. The summed E-state index contributed by atoms with van der Waals surface area (Å²) < 4.78 is 1.42. The number of aromatic nitrogens is 2. The second kappa shape index (κ2) is 3.41. The largest absolute Gasteiger partial charge is 0.301 e. The molecule has 0 saturated carbocycles. The van der Waals surface area contributed by atoms with E-state index in [2.05, 4.69) is 4.98 Å². The maximum absolute atomic E-state index is 11.4. The third-order valence-corrected chi connectivity index (χ3v) is 2.05. The van der Waals surface area contributed by atoms with Gasteiger partial charge in [-0.3, -0.25) is 9.78 Å². The number of aldehydes is 1. The molecule has 0 aromatic carbocycles. The van der Waals surface area contributed by atoms with Crippen molar-refractivity contribution >= 4 is 17.2 Å². The molecule has 0 aliphatic carbocycles. The van der Waals surface area contributed by atoms with Gasteiger partial charge in [0.05, 0.1) is 12.1 Å². The highest BCUT2D eigenvalue weighted by molar-refractivity contribution is 5.78. The van der Waals surface area contributed by atoms with Crippen LogP contribution >= 0.6 is 0 Å². The second-order valence-electron chi connectivity index (χ2n) is 2.88. The van der Waals surface area contributed by atoms with E-state index in [-0.39, 0.29) is 12.1 Å². The summed E-state index contributed by atoms with van der Waals surface area (Å²) in [5.41, 5.74) is 0.565. The minimum atomic E-state index is -0.171. The first-order valence-electron chi connectivity index (χ1n) is 4.20. The summed E-state index contributed by atoms with van der Waals surface area (Å²) in [6.07, 6.45) is 3.97. The highest BCUT2D eigenvalue weighted by Gasteiger charge is 2.00. The van der Waals surface area contributed by atoms with Gasteiger partial charge >= 0.3 is 0 Å². The first kappa shape index (κ1) is 8.62. The van der Waals surface area contributed by atoms with Crippen LogP contribution in [0.1, 0.15) is 0 Å². The first-order chi connectivity index (χ1) is 6.83. The van der Waals surface area contributed by atoms with Crippen LogP contribution in [-0.2, 0) is 11.3 Å². The number of carbonyl (C=O) groups is 1. The Balaban J connectivity index is 2.82. The summed E-state index contributed by atoms with van der Waals surface area (Å²) in [4.78, 5) is 25.7. The molecule has 70 valence electrons. The van der Waals surface area contributed by atoms with Crippen LogP contribution in [0.3, 0.4) is 0 Å². The van der Waals surface area contributed by atoms with E-state index in [1.807, 2.05) is 0 Å². The lowest BCUT2D eigenvalue weighted by Gasteiger charge is -2.04. The number of hydrogen-bond donors (Lipinski definition) is 0. The smallest absolute Gasteiger partial charge is 0.251 e. The third kappa shape index (κ3) is 1.31. The van der Waals surface area contributed by atoms with Gasteiger partial charge < -0.3 is 9.36 Å². The summed E-state index contributed by atoms with van der Waals surface area (Å²) in [5, 5.41) is 0.856. The van der Waals surface area contributed by atoms with E-state index in [1.165, 1.54) is 10.6 Å². The van der Waals surface area contributed by atoms with Gasteiger partial charge in [0.1, 0.15) is 6.29 Å². The Kier molecular flexibility index (Phi) is 2.10. The zero-order valence-corrected chi connectivity index (χ0v) is 7.38. The van der Waals surface area contributed by atoms with Crippen LogP contribution in [0.4, 0.5) is 0 Å². The molecule has 0 bridgehead atoms. The number of nitrogens with zero attached hydrogens (tertiary/aromatic N) is 2. The molecule has 0 spiro atoms. The zero-order valence-electron chi connectivity index (χ0n) is 7.38. The molecule has 14 heavy (non-hydrogen) atoms. The Morgan fingerprint density at radius 2 is 2.21 bits per heavy atom. The summed E-state index contributed by atoms with van der Waals surface area (Å²) in [6, 6.07) is 4.86. The molecule has 0 saturated heterocycles. The molecule has 2 heterocycles. The molecule has 4 nitrogen and oxygen atoms in total. The van der Waals surface area contributed by atoms with Gasteiger partial charge in [-0.1, -0.05) is 0 Å². The molecule has 4 heteroatoms. The van der Waals surface area contributed by atoms with Crippen LogP contribution in [-0.4, -0.2) is 15.8 Å². The summed E-state index contributed by atoms with van der Waals surface area (Å²) in [5.74, 6) is 0. The molecule has 0 amide bonds. The van der Waals surface area contributed by atoms with Crippen LogP contribution in [0.2, 0.25) is 0 Å². The van der Waals surface area contributed by atoms with E-state index in [0.29, 0.717) is 6.29 Å². The van der Waals surface area contributed by atoms with Gasteiger partial charge in [-0.05, 0) is 12.1 Å². The molecule has 2 aromatic heterocycles. The van der Waals surface area contributed by atoms with Crippen LogP contribution in [0.5, 0.6) is 0 Å². The highest BCUT2D eigenvalue weighted by atomic mass is 16.1. The Hall–Kier alpha value is -1.97. The minimum Gasteiger partial charge on any atom is -0.301 e. The Labute approximate surface area is 79.8 Å². The van der Waals surface area contributed by atoms with Crippen molar-refractivity contribution in [1.82, 2.24) is 9.55 Å². The van der Waals surface area contributed by atoms with E-state index in [4.69, 9.17) is 0 Å². The molecular formula is C10H8N2O2. The zero-order chi connectivity index (χ0) is 9.97. The molecule has 0 fully saturated rings. The monoisotopic (exact) mass is 188 g/mol. The van der Waals surface area contributed by atoms with Crippen LogP contribution in [0, 0.1) is 0 Å². The van der Waals surface area contributed by atoms with Crippen molar-refractivity contribution in [2.24, 2.45) is 0 Å². The van der Waals surface area contributed by atoms with E-state index in [0.717, 1.165) is 10.9 Å². The van der Waals surface area contributed by atoms with Gasteiger partial charge in [0, 0.05) is 23.8 Å². The van der Waals surface area contributed by atoms with Crippen molar-refractivity contribution in [3.63, 3.8) is 0 Å². The lowest BCUT2D eigenvalue weighted by Crippen LogP contribution is -2.19. The molecule has 2 rings (SSSR count). The number of fused-ring (bicyclic) bond motifs is 1. The number of pyridine rings is 2. The maximum Gasteiger partial charge on any atom is 0.251 e. The summed E-state index contributed by atoms with van der Waals surface area (Å²) in [7, 11) is 0. The van der Waals surface area contributed by atoms with Crippen molar-refractivity contribution in [1.29, 1.82) is 0 Å². The van der Waals surface area contributed by atoms with E-state index >= 15 is 0 Å². The first-order valence-corrected chi connectivity index (χ1v) is 4.20. The predicted octanol–water partition coefficient (Wildman–Crippen LogP) is 0.595. The van der Waals surface area contributed by atoms with Crippen LogP contribution < -0.4 is 5.56 Å². The average Bonchev–Trinajstić information content (AvgIpc) is 2.23. The topological polar surface area (TPSA) is 52.0 Å². The van der Waals surface area contributed by atoms with Gasteiger partial charge in [-0.15, -0.1) is 0 Å². The molecule has 2 aromatic rings. The number of carbonyl (C=O) groups excluding carboxylic acids is 1. The molecule has 0 radical (unpaired) electrons. The molecule has 0 aliphatic rings. The molecule has 0 unspecified atom stereocenters. The second-order valence-corrected chi connectivity index (χ2v) is 2.88. The standard InChI is InChI=1S/C10H8N2O2/c13-6-5-12-9-3-4-11-7-8(9)1-2-10(12)14/h1-4,6-7H,5H2. The molecule has 0 N–H and O–H groups in total. The lowest BCUT2D eigenvalue weighted by molar-refractivity contribution is -0.108. The summed E-state index contributed by atoms with van der Waals surface area (Å²) >= 11 is 0. The van der Waals surface area contributed by atoms with Gasteiger partial charge in [-0.25, -0.2) is 0 Å². The molecule has 0 aliphatic heterocycles. The molecular weight excluding hydrogens is 180 g/mol. The van der Waals surface area contributed by atoms with Gasteiger partial charge in [0.15, 0.2) is 0 Å². The van der Waals surface area contributed by atoms with Crippen molar-refractivity contribution in [2.75, 3.05) is 0 Å². The average molecular weight is 188 g/mol. The van der Waals surface area contributed by atoms with Gasteiger partial charge in [0.2, 0.25) is 0 Å². The van der Waals surface area contributed by atoms with Gasteiger partial charge in [0.25, 0.3) is 5.56 Å². The highest BCUT2D eigenvalue weighted by Crippen LogP contribution is 2.08.